The predicted molar refractivity (Wildman–Crippen MR) is 99.3 cm³/mol. The summed E-state index contributed by atoms with van der Waals surface area (Å²) in [6.45, 7) is 2.86. The molecule has 0 spiro atoms. The van der Waals surface area contributed by atoms with Crippen molar-refractivity contribution < 1.29 is 9.18 Å². The van der Waals surface area contributed by atoms with Gasteiger partial charge in [0, 0.05) is 18.1 Å². The number of carbonyl (C=O) groups is 1. The number of amides is 1. The quantitative estimate of drug-likeness (QED) is 0.643. The van der Waals surface area contributed by atoms with Crippen LogP contribution in [0.4, 0.5) is 4.39 Å². The summed E-state index contributed by atoms with van der Waals surface area (Å²) in [5.41, 5.74) is 2.43. The van der Waals surface area contributed by atoms with E-state index in [2.05, 4.69) is 9.97 Å². The van der Waals surface area contributed by atoms with Gasteiger partial charge in [0.15, 0.2) is 5.16 Å². The molecule has 1 N–H and O–H groups in total. The molecule has 0 atom stereocenters. The molecule has 0 radical (unpaired) electrons. The normalized spacial score (nSPS) is 11.0. The number of imidazole rings is 1. The maximum absolute atomic E-state index is 13.3. The molecular weight excluding hydrogens is 361 g/mol. The summed E-state index contributed by atoms with van der Waals surface area (Å²) in [6.07, 6.45) is 0. The van der Waals surface area contributed by atoms with Gasteiger partial charge in [0.05, 0.1) is 16.8 Å². The Kier molecular flexibility index (Phi) is 5.60. The fraction of sp³-hybridized carbons (Fsp3) is 0.222. The molecule has 0 aliphatic heterocycles. The van der Waals surface area contributed by atoms with Crippen molar-refractivity contribution in [2.75, 3.05) is 12.3 Å². The van der Waals surface area contributed by atoms with Crippen LogP contribution in [-0.4, -0.2) is 33.1 Å². The van der Waals surface area contributed by atoms with Crippen LogP contribution < -0.4 is 0 Å². The van der Waals surface area contributed by atoms with Gasteiger partial charge in [0.2, 0.25) is 5.91 Å². The minimum atomic E-state index is -0.295. The Balaban J connectivity index is 1.63. The number of aromatic nitrogens is 2. The molecule has 0 bridgehead atoms. The van der Waals surface area contributed by atoms with Crippen molar-refractivity contribution in [2.24, 2.45) is 0 Å². The van der Waals surface area contributed by atoms with Crippen LogP contribution in [0.25, 0.3) is 11.0 Å². The smallest absolute Gasteiger partial charge is 0.233 e. The van der Waals surface area contributed by atoms with Gasteiger partial charge >= 0.3 is 0 Å². The van der Waals surface area contributed by atoms with E-state index in [1.54, 1.807) is 23.1 Å². The Labute approximate surface area is 154 Å². The third-order valence-electron chi connectivity index (χ3n) is 3.75. The highest BCUT2D eigenvalue weighted by molar-refractivity contribution is 7.99. The first-order chi connectivity index (χ1) is 12.0. The van der Waals surface area contributed by atoms with E-state index in [0.29, 0.717) is 23.3 Å². The Morgan fingerprint density at radius 1 is 1.32 bits per heavy atom. The number of carbonyl (C=O) groups excluding carboxylic acids is 1. The molecule has 0 unspecified atom stereocenters. The summed E-state index contributed by atoms with van der Waals surface area (Å²) >= 11 is 7.30. The molecule has 25 heavy (non-hydrogen) atoms. The van der Waals surface area contributed by atoms with Crippen LogP contribution in [0.1, 0.15) is 12.5 Å². The number of H-pyrrole nitrogens is 1. The molecule has 2 aromatic carbocycles. The van der Waals surface area contributed by atoms with Crippen LogP contribution in [0.5, 0.6) is 0 Å². The molecule has 3 rings (SSSR count). The molecule has 130 valence electrons. The van der Waals surface area contributed by atoms with E-state index in [1.807, 2.05) is 19.1 Å². The van der Waals surface area contributed by atoms with Crippen molar-refractivity contribution in [1.29, 1.82) is 0 Å². The number of nitrogens with zero attached hydrogens (tertiary/aromatic N) is 2. The van der Waals surface area contributed by atoms with Gasteiger partial charge in [-0.05, 0) is 42.8 Å². The van der Waals surface area contributed by atoms with Crippen LogP contribution >= 0.6 is 23.4 Å². The van der Waals surface area contributed by atoms with Crippen LogP contribution in [0.2, 0.25) is 5.02 Å². The third kappa shape index (κ3) is 4.52. The Morgan fingerprint density at radius 3 is 2.92 bits per heavy atom. The van der Waals surface area contributed by atoms with Gasteiger partial charge in [0.1, 0.15) is 5.82 Å². The molecule has 7 heteroatoms. The van der Waals surface area contributed by atoms with E-state index in [-0.39, 0.29) is 17.5 Å². The lowest BCUT2D eigenvalue weighted by Crippen LogP contribution is -2.31. The number of aromatic amines is 1. The monoisotopic (exact) mass is 377 g/mol. The highest BCUT2D eigenvalue weighted by Gasteiger charge is 2.14. The van der Waals surface area contributed by atoms with E-state index >= 15 is 0 Å². The summed E-state index contributed by atoms with van der Waals surface area (Å²) in [5.74, 6) is -0.0527. The van der Waals surface area contributed by atoms with Crippen molar-refractivity contribution in [3.05, 3.63) is 58.9 Å². The van der Waals surface area contributed by atoms with Gasteiger partial charge in [-0.2, -0.15) is 0 Å². The van der Waals surface area contributed by atoms with E-state index in [9.17, 15) is 9.18 Å². The lowest BCUT2D eigenvalue weighted by atomic mass is 10.2. The zero-order chi connectivity index (χ0) is 17.8. The molecule has 0 fully saturated rings. The lowest BCUT2D eigenvalue weighted by Gasteiger charge is -2.20. The maximum atomic E-state index is 13.3. The average Bonchev–Trinajstić information content (AvgIpc) is 2.99. The van der Waals surface area contributed by atoms with Crippen molar-refractivity contribution in [3.8, 4) is 0 Å². The summed E-state index contributed by atoms with van der Waals surface area (Å²) in [4.78, 5) is 21.7. The summed E-state index contributed by atoms with van der Waals surface area (Å²) < 4.78 is 13.3. The number of hydrogen-bond acceptors (Lipinski definition) is 3. The molecule has 0 aliphatic rings. The summed E-state index contributed by atoms with van der Waals surface area (Å²) in [5, 5.41) is 1.31. The summed E-state index contributed by atoms with van der Waals surface area (Å²) in [7, 11) is 0. The highest BCUT2D eigenvalue weighted by atomic mass is 35.5. The first kappa shape index (κ1) is 17.8. The van der Waals surface area contributed by atoms with Gasteiger partial charge < -0.3 is 9.88 Å². The number of fused-ring (bicyclic) bond motifs is 1. The Hall–Kier alpha value is -2.05. The van der Waals surface area contributed by atoms with E-state index in [1.165, 1.54) is 23.9 Å². The van der Waals surface area contributed by atoms with Crippen LogP contribution in [0.3, 0.4) is 0 Å². The molecule has 0 saturated heterocycles. The number of halogens is 2. The number of thioether (sulfide) groups is 1. The number of nitrogens with one attached hydrogen (secondary N) is 1. The second kappa shape index (κ2) is 7.89. The maximum Gasteiger partial charge on any atom is 0.233 e. The zero-order valence-corrected chi connectivity index (χ0v) is 15.2. The lowest BCUT2D eigenvalue weighted by molar-refractivity contribution is -0.128. The van der Waals surface area contributed by atoms with Gasteiger partial charge in [-0.3, -0.25) is 4.79 Å². The standard InChI is InChI=1S/C18H17ClFN3OS/c1-2-23(10-12-4-3-5-14(20)8-12)17(24)11-25-18-21-15-7-6-13(19)9-16(15)22-18/h3-9H,2,10-11H2,1H3,(H,21,22). The van der Waals surface area contributed by atoms with Crippen molar-refractivity contribution in [2.45, 2.75) is 18.6 Å². The molecule has 4 nitrogen and oxygen atoms in total. The minimum Gasteiger partial charge on any atom is -0.338 e. The molecule has 0 saturated carbocycles. The number of benzene rings is 2. The van der Waals surface area contributed by atoms with Crippen molar-refractivity contribution >= 4 is 40.3 Å². The zero-order valence-electron chi connectivity index (χ0n) is 13.6. The summed E-state index contributed by atoms with van der Waals surface area (Å²) in [6, 6.07) is 11.7. The van der Waals surface area contributed by atoms with Crippen LogP contribution in [0, 0.1) is 5.82 Å². The first-order valence-corrected chi connectivity index (χ1v) is 9.22. The fourth-order valence-corrected chi connectivity index (χ4v) is 3.44. The van der Waals surface area contributed by atoms with Gasteiger partial charge in [0.25, 0.3) is 0 Å². The largest absolute Gasteiger partial charge is 0.338 e. The SMILES string of the molecule is CCN(Cc1cccc(F)c1)C(=O)CSc1nc2ccc(Cl)cc2[nH]1. The first-order valence-electron chi connectivity index (χ1n) is 7.85. The second-order valence-electron chi connectivity index (χ2n) is 5.53. The van der Waals surface area contributed by atoms with E-state index < -0.39 is 0 Å². The van der Waals surface area contributed by atoms with E-state index in [4.69, 9.17) is 11.6 Å². The van der Waals surface area contributed by atoms with Crippen molar-refractivity contribution in [3.63, 3.8) is 0 Å². The van der Waals surface area contributed by atoms with Crippen molar-refractivity contribution in [1.82, 2.24) is 14.9 Å². The van der Waals surface area contributed by atoms with Gasteiger partial charge in [-0.25, -0.2) is 9.37 Å². The van der Waals surface area contributed by atoms with Gasteiger partial charge in [-0.1, -0.05) is 35.5 Å². The molecule has 1 amide bonds. The number of hydrogen-bond donors (Lipinski definition) is 1. The second-order valence-corrected chi connectivity index (χ2v) is 6.93. The van der Waals surface area contributed by atoms with Crippen LogP contribution in [-0.2, 0) is 11.3 Å². The van der Waals surface area contributed by atoms with Crippen LogP contribution in [0.15, 0.2) is 47.6 Å². The molecule has 1 heterocycles. The number of rotatable bonds is 6. The van der Waals surface area contributed by atoms with Gasteiger partial charge in [-0.15, -0.1) is 0 Å². The fourth-order valence-electron chi connectivity index (χ4n) is 2.48. The topological polar surface area (TPSA) is 49.0 Å². The Morgan fingerprint density at radius 2 is 2.16 bits per heavy atom. The molecule has 1 aromatic heterocycles. The highest BCUT2D eigenvalue weighted by Crippen LogP contribution is 2.22. The Bertz CT molecular complexity index is 899. The third-order valence-corrected chi connectivity index (χ3v) is 4.84. The van der Waals surface area contributed by atoms with E-state index in [0.717, 1.165) is 16.6 Å². The molecule has 3 aromatic rings. The average molecular weight is 378 g/mol. The predicted octanol–water partition coefficient (Wildman–Crippen LogP) is 4.50. The molecule has 0 aliphatic carbocycles. The molecular formula is C18H17ClFN3OS. The minimum absolute atomic E-state index is 0.0183.